The molecule has 0 spiro atoms. The van der Waals surface area contributed by atoms with Crippen LogP contribution in [0.5, 0.6) is 0 Å². The summed E-state index contributed by atoms with van der Waals surface area (Å²) in [4.78, 5) is 27.3. The topological polar surface area (TPSA) is 113 Å². The average molecular weight is 523 g/mol. The van der Waals surface area contributed by atoms with Crippen LogP contribution in [0.3, 0.4) is 0 Å². The van der Waals surface area contributed by atoms with Gasteiger partial charge in [-0.1, -0.05) is 11.6 Å². The highest BCUT2D eigenvalue weighted by atomic mass is 35.5. The predicted molar refractivity (Wildman–Crippen MR) is 132 cm³/mol. The van der Waals surface area contributed by atoms with Crippen molar-refractivity contribution in [3.05, 3.63) is 17.8 Å². The number of imidazole rings is 1. The Labute approximate surface area is 215 Å². The molecule has 3 aliphatic rings. The molecule has 198 valence electrons. The molecule has 0 bridgehead atoms. The number of aromatic nitrogens is 4. The fraction of sp³-hybridized carbons (Fsp3) is 0.750. The van der Waals surface area contributed by atoms with Gasteiger partial charge in [-0.15, -0.1) is 0 Å². The molecule has 3 saturated heterocycles. The normalized spacial score (nSPS) is 30.1. The van der Waals surface area contributed by atoms with Crippen LogP contribution in [-0.4, -0.2) is 85.9 Å². The van der Waals surface area contributed by atoms with Crippen molar-refractivity contribution in [2.45, 2.75) is 95.9 Å². The molecule has 0 saturated carbocycles. The molecule has 3 fully saturated rings. The van der Waals surface area contributed by atoms with E-state index >= 15 is 0 Å². The van der Waals surface area contributed by atoms with E-state index in [0.29, 0.717) is 35.4 Å². The highest BCUT2D eigenvalue weighted by Gasteiger charge is 2.56. The molecule has 36 heavy (non-hydrogen) atoms. The second-order valence-electron chi connectivity index (χ2n) is 11.1. The van der Waals surface area contributed by atoms with Gasteiger partial charge in [-0.05, 0) is 60.4 Å². The largest absolute Gasteiger partial charge is 0.444 e. The van der Waals surface area contributed by atoms with Crippen LogP contribution in [0.2, 0.25) is 5.15 Å². The van der Waals surface area contributed by atoms with E-state index in [0.717, 1.165) is 25.8 Å². The van der Waals surface area contributed by atoms with E-state index in [1.165, 1.54) is 6.33 Å². The minimum Gasteiger partial charge on any atom is -0.444 e. The Morgan fingerprint density at radius 1 is 1.25 bits per heavy atom. The zero-order chi connectivity index (χ0) is 25.7. The van der Waals surface area contributed by atoms with Crippen molar-refractivity contribution in [2.75, 3.05) is 19.6 Å². The lowest BCUT2D eigenvalue weighted by Gasteiger charge is -2.30. The number of likely N-dealkylation sites (tertiary alicyclic amines) is 1. The van der Waals surface area contributed by atoms with Gasteiger partial charge in [0.25, 0.3) is 0 Å². The van der Waals surface area contributed by atoms with Crippen molar-refractivity contribution < 1.29 is 23.7 Å². The average Bonchev–Trinajstić information content (AvgIpc) is 3.52. The van der Waals surface area contributed by atoms with Gasteiger partial charge >= 0.3 is 6.09 Å². The van der Waals surface area contributed by atoms with E-state index in [1.807, 2.05) is 39.2 Å². The van der Waals surface area contributed by atoms with E-state index in [4.69, 9.17) is 30.5 Å². The number of alkyl carbamates (subject to hydrolysis) is 1. The van der Waals surface area contributed by atoms with Crippen LogP contribution in [0.1, 0.15) is 60.1 Å². The standard InChI is InChI=1S/C24H35ClN6O5/c1-23(2,3)36-22(32)26-9-8-14-7-6-10-30(14)11-15-17-18(35-24(4,5)34-17)21(33-15)31-13-29-16-19(25)27-12-28-20(16)31/h12-15,17-18,21H,6-11H2,1-5H3,(H,26,32)/t14-,15-,17-,18-,21-/m1/s1. The van der Waals surface area contributed by atoms with Gasteiger partial charge in [0, 0.05) is 19.1 Å². The number of carbonyl (C=O) groups excluding carboxylic acids is 1. The Kier molecular flexibility index (Phi) is 6.88. The van der Waals surface area contributed by atoms with E-state index < -0.39 is 17.6 Å². The summed E-state index contributed by atoms with van der Waals surface area (Å²) in [6.07, 6.45) is 4.53. The number of halogens is 1. The number of hydrogen-bond acceptors (Lipinski definition) is 9. The Morgan fingerprint density at radius 2 is 2.03 bits per heavy atom. The van der Waals surface area contributed by atoms with Gasteiger partial charge in [0.05, 0.1) is 6.33 Å². The summed E-state index contributed by atoms with van der Waals surface area (Å²) in [5.41, 5.74) is 0.615. The first-order chi connectivity index (χ1) is 17.0. The number of rotatable bonds is 6. The van der Waals surface area contributed by atoms with Gasteiger partial charge in [-0.2, -0.15) is 0 Å². The number of carbonyl (C=O) groups is 1. The number of nitrogens with one attached hydrogen (secondary N) is 1. The molecule has 5 rings (SSSR count). The van der Waals surface area contributed by atoms with Crippen molar-refractivity contribution in [1.29, 1.82) is 0 Å². The van der Waals surface area contributed by atoms with Gasteiger partial charge in [0.1, 0.15) is 35.8 Å². The maximum atomic E-state index is 12.0. The third-order valence-electron chi connectivity index (χ3n) is 6.77. The molecule has 0 unspecified atom stereocenters. The van der Waals surface area contributed by atoms with Crippen LogP contribution >= 0.6 is 11.6 Å². The smallest absolute Gasteiger partial charge is 0.407 e. The van der Waals surface area contributed by atoms with Gasteiger partial charge in [0.15, 0.2) is 22.8 Å². The Balaban J connectivity index is 1.26. The summed E-state index contributed by atoms with van der Waals surface area (Å²) in [5, 5.41) is 3.18. The minimum absolute atomic E-state index is 0.198. The lowest BCUT2D eigenvalue weighted by molar-refractivity contribution is -0.198. The quantitative estimate of drug-likeness (QED) is 0.571. The number of ether oxygens (including phenoxy) is 4. The first-order valence-electron chi connectivity index (χ1n) is 12.6. The zero-order valence-corrected chi connectivity index (χ0v) is 22.2. The summed E-state index contributed by atoms with van der Waals surface area (Å²) in [7, 11) is 0. The van der Waals surface area contributed by atoms with Crippen molar-refractivity contribution in [2.24, 2.45) is 0 Å². The van der Waals surface area contributed by atoms with Crippen LogP contribution in [-0.2, 0) is 18.9 Å². The molecule has 0 aliphatic carbocycles. The molecule has 1 amide bonds. The zero-order valence-electron chi connectivity index (χ0n) is 21.4. The fourth-order valence-corrected chi connectivity index (χ4v) is 5.57. The lowest BCUT2D eigenvalue weighted by atomic mass is 10.1. The number of amides is 1. The van der Waals surface area contributed by atoms with Gasteiger partial charge in [-0.25, -0.2) is 19.7 Å². The van der Waals surface area contributed by atoms with Crippen molar-refractivity contribution >= 4 is 28.9 Å². The molecule has 0 radical (unpaired) electrons. The molecule has 5 heterocycles. The number of hydrogen-bond donors (Lipinski definition) is 1. The van der Waals surface area contributed by atoms with Crippen LogP contribution in [0.25, 0.3) is 11.2 Å². The molecule has 3 aliphatic heterocycles. The lowest BCUT2D eigenvalue weighted by Crippen LogP contribution is -2.43. The molecule has 12 heteroatoms. The minimum atomic E-state index is -0.722. The molecular weight excluding hydrogens is 488 g/mol. The van der Waals surface area contributed by atoms with Gasteiger partial charge < -0.3 is 24.3 Å². The number of nitrogens with zero attached hydrogens (tertiary/aromatic N) is 5. The van der Waals surface area contributed by atoms with E-state index in [2.05, 4.69) is 25.2 Å². The fourth-order valence-electron chi connectivity index (χ4n) is 5.39. The van der Waals surface area contributed by atoms with Crippen LogP contribution in [0.4, 0.5) is 4.79 Å². The molecule has 0 aromatic carbocycles. The van der Waals surface area contributed by atoms with Crippen molar-refractivity contribution in [3.63, 3.8) is 0 Å². The predicted octanol–water partition coefficient (Wildman–Crippen LogP) is 3.28. The monoisotopic (exact) mass is 522 g/mol. The highest BCUT2D eigenvalue weighted by Crippen LogP contribution is 2.44. The van der Waals surface area contributed by atoms with E-state index in [9.17, 15) is 4.79 Å². The van der Waals surface area contributed by atoms with Gasteiger partial charge in [-0.3, -0.25) is 9.47 Å². The second-order valence-corrected chi connectivity index (χ2v) is 11.5. The second kappa shape index (κ2) is 9.68. The molecular formula is C24H35ClN6O5. The summed E-state index contributed by atoms with van der Waals surface area (Å²) in [6, 6.07) is 0.344. The summed E-state index contributed by atoms with van der Waals surface area (Å²) >= 11 is 6.22. The first-order valence-corrected chi connectivity index (χ1v) is 12.9. The highest BCUT2D eigenvalue weighted by molar-refractivity contribution is 6.33. The van der Waals surface area contributed by atoms with Crippen molar-refractivity contribution in [1.82, 2.24) is 29.7 Å². The van der Waals surface area contributed by atoms with Crippen LogP contribution in [0.15, 0.2) is 12.7 Å². The molecule has 5 atom stereocenters. The third kappa shape index (κ3) is 5.31. The van der Waals surface area contributed by atoms with Crippen LogP contribution < -0.4 is 5.32 Å². The molecule has 2 aromatic heterocycles. The molecule has 11 nitrogen and oxygen atoms in total. The first kappa shape index (κ1) is 25.6. The third-order valence-corrected chi connectivity index (χ3v) is 7.05. The maximum absolute atomic E-state index is 12.0. The Hall–Kier alpha value is -2.05. The summed E-state index contributed by atoms with van der Waals surface area (Å²) < 4.78 is 26.4. The van der Waals surface area contributed by atoms with Gasteiger partial charge in [0.2, 0.25) is 0 Å². The summed E-state index contributed by atoms with van der Waals surface area (Å²) in [5.74, 6) is -0.722. The number of fused-ring (bicyclic) bond motifs is 2. The summed E-state index contributed by atoms with van der Waals surface area (Å²) in [6.45, 7) is 11.7. The molecule has 2 aromatic rings. The molecule has 1 N–H and O–H groups in total. The Morgan fingerprint density at radius 3 is 2.81 bits per heavy atom. The van der Waals surface area contributed by atoms with Crippen molar-refractivity contribution in [3.8, 4) is 0 Å². The van der Waals surface area contributed by atoms with E-state index in [-0.39, 0.29) is 24.4 Å². The van der Waals surface area contributed by atoms with Crippen LogP contribution in [0, 0.1) is 0 Å². The SMILES string of the molecule is CC(C)(C)OC(=O)NCC[C@H]1CCCN1C[C@H]1O[C@@H](n2cnc3c(Cl)ncnc32)[C@@H]2OC(C)(C)O[C@@H]21. The Bertz CT molecular complexity index is 1100. The maximum Gasteiger partial charge on any atom is 0.407 e. The van der Waals surface area contributed by atoms with E-state index in [1.54, 1.807) is 6.33 Å².